The predicted molar refractivity (Wildman–Crippen MR) is 122 cm³/mol. The van der Waals surface area contributed by atoms with E-state index in [1.54, 1.807) is 11.3 Å². The van der Waals surface area contributed by atoms with E-state index < -0.39 is 6.10 Å². The zero-order chi connectivity index (χ0) is 20.9. The second-order valence-electron chi connectivity index (χ2n) is 7.91. The Balaban J connectivity index is 1.43. The van der Waals surface area contributed by atoms with Crippen LogP contribution < -0.4 is 10.6 Å². The fraction of sp³-hybridized carbons (Fsp3) is 0.333. The highest BCUT2D eigenvalue weighted by molar-refractivity contribution is 7.08. The lowest BCUT2D eigenvalue weighted by molar-refractivity contribution is 0.0717. The molecular weight excluding hydrogens is 394 g/mol. The van der Waals surface area contributed by atoms with E-state index in [2.05, 4.69) is 38.5 Å². The lowest BCUT2D eigenvalue weighted by atomic mass is 9.92. The molecule has 6 heteroatoms. The second kappa shape index (κ2) is 9.41. The molecule has 2 atom stereocenters. The first-order chi connectivity index (χ1) is 14.6. The van der Waals surface area contributed by atoms with E-state index in [4.69, 9.17) is 0 Å². The van der Waals surface area contributed by atoms with E-state index in [0.717, 1.165) is 48.1 Å². The molecule has 0 bridgehead atoms. The number of hydrogen-bond donors (Lipinski definition) is 3. The molecular formula is C24H27N3O2S. The van der Waals surface area contributed by atoms with E-state index in [-0.39, 0.29) is 11.9 Å². The van der Waals surface area contributed by atoms with Crippen LogP contribution in [0.3, 0.4) is 0 Å². The number of anilines is 1. The number of amides is 1. The zero-order valence-corrected chi connectivity index (χ0v) is 17.9. The maximum Gasteiger partial charge on any atom is 0.251 e. The average Bonchev–Trinajstić information content (AvgIpc) is 3.30. The second-order valence-corrected chi connectivity index (χ2v) is 8.69. The van der Waals surface area contributed by atoms with Crippen LogP contribution in [0.5, 0.6) is 0 Å². The number of aliphatic hydroxyl groups excluding tert-OH is 1. The minimum absolute atomic E-state index is 0.134. The number of carbonyl (C=O) groups is 1. The van der Waals surface area contributed by atoms with Gasteiger partial charge < -0.3 is 15.7 Å². The highest BCUT2D eigenvalue weighted by atomic mass is 32.1. The number of pyridine rings is 1. The summed E-state index contributed by atoms with van der Waals surface area (Å²) >= 11 is 1.67. The topological polar surface area (TPSA) is 74.2 Å². The number of rotatable bonds is 6. The molecule has 5 nitrogen and oxygen atoms in total. The van der Waals surface area contributed by atoms with E-state index in [0.29, 0.717) is 12.1 Å². The molecule has 3 aromatic rings. The summed E-state index contributed by atoms with van der Waals surface area (Å²) in [6.45, 7) is 2.65. The van der Waals surface area contributed by atoms with Crippen molar-refractivity contribution in [3.8, 4) is 11.1 Å². The molecule has 156 valence electrons. The molecule has 2 heterocycles. The molecule has 1 aromatic carbocycles. The lowest BCUT2D eigenvalue weighted by Crippen LogP contribution is -2.45. The van der Waals surface area contributed by atoms with Crippen LogP contribution in [-0.2, 0) is 6.54 Å². The summed E-state index contributed by atoms with van der Waals surface area (Å²) < 4.78 is 0. The Hall–Kier alpha value is -2.70. The summed E-state index contributed by atoms with van der Waals surface area (Å²) in [5.74, 6) is -0.134. The van der Waals surface area contributed by atoms with Gasteiger partial charge in [0.15, 0.2) is 0 Å². The minimum atomic E-state index is -0.450. The van der Waals surface area contributed by atoms with Crippen molar-refractivity contribution in [2.45, 2.75) is 51.3 Å². The molecule has 0 unspecified atom stereocenters. The lowest BCUT2D eigenvalue weighted by Gasteiger charge is -2.28. The van der Waals surface area contributed by atoms with Crippen molar-refractivity contribution in [2.75, 3.05) is 5.32 Å². The summed E-state index contributed by atoms with van der Waals surface area (Å²) in [5.41, 5.74) is 5.96. The maximum absolute atomic E-state index is 12.7. The van der Waals surface area contributed by atoms with Crippen LogP contribution in [0.4, 0.5) is 5.69 Å². The number of aromatic nitrogens is 1. The van der Waals surface area contributed by atoms with Gasteiger partial charge in [0, 0.05) is 35.8 Å². The van der Waals surface area contributed by atoms with Crippen molar-refractivity contribution in [3.05, 3.63) is 70.2 Å². The Kier molecular flexibility index (Phi) is 6.45. The highest BCUT2D eigenvalue weighted by Crippen LogP contribution is 2.24. The predicted octanol–water partition coefficient (Wildman–Crippen LogP) is 4.76. The Morgan fingerprint density at radius 3 is 2.83 bits per heavy atom. The SMILES string of the molecule is Cc1ccc(C(=O)N[C@H]2CCCC[C@@H]2O)cc1NCc1cncc(-c2ccsc2)c1. The van der Waals surface area contributed by atoms with Gasteiger partial charge in [-0.15, -0.1) is 0 Å². The summed E-state index contributed by atoms with van der Waals surface area (Å²) in [5, 5.41) is 20.8. The van der Waals surface area contributed by atoms with E-state index in [9.17, 15) is 9.90 Å². The van der Waals surface area contributed by atoms with Crippen LogP contribution in [0.2, 0.25) is 0 Å². The maximum atomic E-state index is 12.7. The van der Waals surface area contributed by atoms with Crippen LogP contribution in [-0.4, -0.2) is 28.1 Å². The molecule has 4 rings (SSSR count). The van der Waals surface area contributed by atoms with E-state index >= 15 is 0 Å². The van der Waals surface area contributed by atoms with Gasteiger partial charge in [-0.05, 0) is 71.5 Å². The molecule has 3 N–H and O–H groups in total. The summed E-state index contributed by atoms with van der Waals surface area (Å²) in [6.07, 6.45) is 6.94. The third-order valence-corrected chi connectivity index (χ3v) is 6.36. The molecule has 1 fully saturated rings. The highest BCUT2D eigenvalue weighted by Gasteiger charge is 2.25. The molecule has 1 aliphatic rings. The van der Waals surface area contributed by atoms with Crippen molar-refractivity contribution in [1.82, 2.24) is 10.3 Å². The van der Waals surface area contributed by atoms with Crippen LogP contribution >= 0.6 is 11.3 Å². The third kappa shape index (κ3) is 4.89. The smallest absolute Gasteiger partial charge is 0.251 e. The molecule has 0 saturated heterocycles. The van der Waals surface area contributed by atoms with Crippen LogP contribution in [0.1, 0.15) is 47.2 Å². The van der Waals surface area contributed by atoms with E-state index in [1.807, 2.05) is 37.5 Å². The van der Waals surface area contributed by atoms with Crippen LogP contribution in [0, 0.1) is 6.92 Å². The summed E-state index contributed by atoms with van der Waals surface area (Å²) in [4.78, 5) is 17.1. The van der Waals surface area contributed by atoms with Gasteiger partial charge in [-0.2, -0.15) is 11.3 Å². The Morgan fingerprint density at radius 2 is 2.03 bits per heavy atom. The molecule has 1 aliphatic carbocycles. The first kappa shape index (κ1) is 20.6. The van der Waals surface area contributed by atoms with Gasteiger partial charge in [-0.3, -0.25) is 9.78 Å². The summed E-state index contributed by atoms with van der Waals surface area (Å²) in [7, 11) is 0. The number of aryl methyl sites for hydroxylation is 1. The van der Waals surface area contributed by atoms with Gasteiger partial charge in [0.25, 0.3) is 5.91 Å². The normalized spacial score (nSPS) is 18.7. The molecule has 30 heavy (non-hydrogen) atoms. The van der Waals surface area contributed by atoms with Gasteiger partial charge >= 0.3 is 0 Å². The van der Waals surface area contributed by atoms with E-state index in [1.165, 1.54) is 5.56 Å². The van der Waals surface area contributed by atoms with Gasteiger partial charge in [-0.25, -0.2) is 0 Å². The molecule has 1 saturated carbocycles. The third-order valence-electron chi connectivity index (χ3n) is 5.68. The Bertz CT molecular complexity index is 1000. The van der Waals surface area contributed by atoms with Crippen molar-refractivity contribution in [3.63, 3.8) is 0 Å². The molecule has 1 amide bonds. The van der Waals surface area contributed by atoms with Crippen LogP contribution in [0.25, 0.3) is 11.1 Å². The average molecular weight is 422 g/mol. The number of hydrogen-bond acceptors (Lipinski definition) is 5. The fourth-order valence-electron chi connectivity index (χ4n) is 3.85. The Labute approximate surface area is 181 Å². The number of nitrogens with one attached hydrogen (secondary N) is 2. The summed E-state index contributed by atoms with van der Waals surface area (Å²) in [6, 6.07) is 9.75. The van der Waals surface area contributed by atoms with Crippen LogP contribution in [0.15, 0.2) is 53.5 Å². The quantitative estimate of drug-likeness (QED) is 0.536. The number of benzene rings is 1. The van der Waals surface area contributed by atoms with Gasteiger partial charge in [-0.1, -0.05) is 18.9 Å². The standard InChI is InChI=1S/C24H27N3O2S/c1-16-6-7-18(24(29)27-21-4-2-3-5-23(21)28)11-22(16)26-13-17-10-20(14-25-12-17)19-8-9-30-15-19/h6-12,14-15,21,23,26,28H,2-5,13H2,1H3,(H,27,29)/t21-,23-/m0/s1. The largest absolute Gasteiger partial charge is 0.391 e. The first-order valence-corrected chi connectivity index (χ1v) is 11.3. The van der Waals surface area contributed by atoms with Gasteiger partial charge in [0.05, 0.1) is 12.1 Å². The molecule has 0 aliphatic heterocycles. The van der Waals surface area contributed by atoms with Crippen molar-refractivity contribution < 1.29 is 9.90 Å². The number of nitrogens with zero attached hydrogens (tertiary/aromatic N) is 1. The molecule has 0 spiro atoms. The minimum Gasteiger partial charge on any atom is -0.391 e. The van der Waals surface area contributed by atoms with Crippen molar-refractivity contribution in [2.24, 2.45) is 0 Å². The molecule has 0 radical (unpaired) electrons. The molecule has 2 aromatic heterocycles. The van der Waals surface area contributed by atoms with Gasteiger partial charge in [0.1, 0.15) is 0 Å². The number of aliphatic hydroxyl groups is 1. The van der Waals surface area contributed by atoms with Crippen molar-refractivity contribution >= 4 is 22.9 Å². The van der Waals surface area contributed by atoms with Gasteiger partial charge in [0.2, 0.25) is 0 Å². The number of carbonyl (C=O) groups excluding carboxylic acids is 1. The zero-order valence-electron chi connectivity index (χ0n) is 17.1. The Morgan fingerprint density at radius 1 is 1.17 bits per heavy atom. The fourth-order valence-corrected chi connectivity index (χ4v) is 4.52. The first-order valence-electron chi connectivity index (χ1n) is 10.4. The monoisotopic (exact) mass is 421 g/mol. The van der Waals surface area contributed by atoms with Crippen molar-refractivity contribution in [1.29, 1.82) is 0 Å². The number of thiophene rings is 1.